The summed E-state index contributed by atoms with van der Waals surface area (Å²) in [6, 6.07) is 18.1. The number of carbonyl (C=O) groups is 2. The Kier molecular flexibility index (Phi) is 6.45. The highest BCUT2D eigenvalue weighted by Gasteiger charge is 2.29. The largest absolute Gasteiger partial charge is 0.401 e. The molecule has 1 fully saturated rings. The van der Waals surface area contributed by atoms with E-state index in [1.807, 2.05) is 36.4 Å². The maximum atomic E-state index is 12.6. The number of aromatic nitrogens is 2. The van der Waals surface area contributed by atoms with Crippen molar-refractivity contribution in [3.8, 4) is 16.9 Å². The number of alkyl halides is 3. The molecule has 3 aromatic rings. The molecule has 3 N–H and O–H groups in total. The fourth-order valence-electron chi connectivity index (χ4n) is 3.62. The van der Waals surface area contributed by atoms with Crippen LogP contribution in [0.3, 0.4) is 0 Å². The molecule has 1 aliphatic rings. The van der Waals surface area contributed by atoms with Crippen LogP contribution in [0.15, 0.2) is 60.7 Å². The summed E-state index contributed by atoms with van der Waals surface area (Å²) in [6.07, 6.45) is -4.15. The van der Waals surface area contributed by atoms with Crippen LogP contribution in [0.2, 0.25) is 0 Å². The van der Waals surface area contributed by atoms with Gasteiger partial charge in [-0.15, -0.1) is 5.10 Å². The summed E-state index contributed by atoms with van der Waals surface area (Å²) in [5, 5.41) is 12.3. The Hall–Kier alpha value is -3.66. The molecule has 0 radical (unpaired) electrons. The smallest absolute Gasteiger partial charge is 0.355 e. The van der Waals surface area contributed by atoms with Gasteiger partial charge >= 0.3 is 6.18 Å². The Morgan fingerprint density at radius 1 is 1.12 bits per heavy atom. The van der Waals surface area contributed by atoms with Crippen molar-refractivity contribution in [1.29, 1.82) is 0 Å². The van der Waals surface area contributed by atoms with Crippen molar-refractivity contribution >= 4 is 17.6 Å². The zero-order valence-electron chi connectivity index (χ0n) is 17.5. The monoisotopic (exact) mass is 457 g/mol. The molecule has 1 aliphatic heterocycles. The maximum Gasteiger partial charge on any atom is 0.401 e. The van der Waals surface area contributed by atoms with E-state index in [9.17, 15) is 22.8 Å². The van der Waals surface area contributed by atoms with Gasteiger partial charge in [0.15, 0.2) is 5.82 Å². The van der Waals surface area contributed by atoms with Crippen molar-refractivity contribution in [2.24, 2.45) is 5.92 Å². The second-order valence-corrected chi connectivity index (χ2v) is 7.78. The van der Waals surface area contributed by atoms with Gasteiger partial charge in [-0.2, -0.15) is 13.2 Å². The first-order chi connectivity index (χ1) is 15.8. The van der Waals surface area contributed by atoms with Crippen LogP contribution in [0, 0.1) is 5.92 Å². The van der Waals surface area contributed by atoms with Crippen LogP contribution in [0.1, 0.15) is 12.0 Å². The molecule has 0 saturated carbocycles. The molecular formula is C23H22F3N5O2. The second kappa shape index (κ2) is 9.45. The van der Waals surface area contributed by atoms with Crippen molar-refractivity contribution in [2.45, 2.75) is 19.1 Å². The van der Waals surface area contributed by atoms with Crippen molar-refractivity contribution in [3.63, 3.8) is 0 Å². The van der Waals surface area contributed by atoms with Crippen LogP contribution in [0.5, 0.6) is 0 Å². The SMILES string of the molecule is O=C1C[C@H](C(=O)Nc2cc(-c3cccc(CNCC(F)(F)F)c3)n(-c3ccccc3)n2)CN1. The average Bonchev–Trinajstić information content (AvgIpc) is 3.40. The molecule has 7 nitrogen and oxygen atoms in total. The number of amides is 2. The summed E-state index contributed by atoms with van der Waals surface area (Å²) in [6.45, 7) is -0.739. The predicted octanol–water partition coefficient (Wildman–Crippen LogP) is 3.27. The first-order valence-corrected chi connectivity index (χ1v) is 10.4. The van der Waals surface area contributed by atoms with E-state index < -0.39 is 18.6 Å². The lowest BCUT2D eigenvalue weighted by molar-refractivity contribution is -0.125. The van der Waals surface area contributed by atoms with Crippen molar-refractivity contribution < 1.29 is 22.8 Å². The summed E-state index contributed by atoms with van der Waals surface area (Å²) >= 11 is 0. The molecule has 0 bridgehead atoms. The third kappa shape index (κ3) is 5.78. The first-order valence-electron chi connectivity index (χ1n) is 10.4. The first kappa shape index (κ1) is 22.5. The molecule has 0 spiro atoms. The number of para-hydroxylation sites is 1. The molecule has 33 heavy (non-hydrogen) atoms. The number of anilines is 1. The normalized spacial score (nSPS) is 16.0. The number of carbonyl (C=O) groups excluding carboxylic acids is 2. The zero-order valence-corrected chi connectivity index (χ0v) is 17.5. The van der Waals surface area contributed by atoms with Crippen LogP contribution in [-0.4, -0.2) is 40.9 Å². The number of benzene rings is 2. The van der Waals surface area contributed by atoms with Gasteiger partial charge in [0.05, 0.1) is 23.8 Å². The molecule has 10 heteroatoms. The topological polar surface area (TPSA) is 88.1 Å². The van der Waals surface area contributed by atoms with Gasteiger partial charge in [-0.05, 0) is 23.8 Å². The summed E-state index contributed by atoms with van der Waals surface area (Å²) in [5.41, 5.74) is 2.83. The number of nitrogens with zero attached hydrogens (tertiary/aromatic N) is 2. The fraction of sp³-hybridized carbons (Fsp3) is 0.261. The minimum atomic E-state index is -4.28. The molecule has 4 rings (SSSR count). The van der Waals surface area contributed by atoms with E-state index in [-0.39, 0.29) is 31.3 Å². The Labute approximate surface area is 188 Å². The molecule has 172 valence electrons. The summed E-state index contributed by atoms with van der Waals surface area (Å²) in [5.74, 6) is -0.617. The number of halogens is 3. The Balaban J connectivity index is 1.61. The molecule has 2 aromatic carbocycles. The van der Waals surface area contributed by atoms with Gasteiger partial charge in [0, 0.05) is 31.1 Å². The number of rotatable bonds is 7. The highest BCUT2D eigenvalue weighted by molar-refractivity contribution is 5.97. The average molecular weight is 457 g/mol. The van der Waals surface area contributed by atoms with Gasteiger partial charge in [0.1, 0.15) is 0 Å². The minimum Gasteiger partial charge on any atom is -0.355 e. The zero-order chi connectivity index (χ0) is 23.4. The van der Waals surface area contributed by atoms with Gasteiger partial charge < -0.3 is 16.0 Å². The lowest BCUT2D eigenvalue weighted by atomic mass is 10.1. The van der Waals surface area contributed by atoms with Crippen molar-refractivity contribution in [2.75, 3.05) is 18.4 Å². The molecule has 1 aromatic heterocycles. The molecule has 0 aliphatic carbocycles. The van der Waals surface area contributed by atoms with E-state index >= 15 is 0 Å². The second-order valence-electron chi connectivity index (χ2n) is 7.78. The maximum absolute atomic E-state index is 12.6. The molecule has 1 atom stereocenters. The third-order valence-electron chi connectivity index (χ3n) is 5.19. The Morgan fingerprint density at radius 3 is 2.61 bits per heavy atom. The van der Waals surface area contributed by atoms with Gasteiger partial charge in [0.25, 0.3) is 0 Å². The van der Waals surface area contributed by atoms with E-state index in [1.54, 1.807) is 28.9 Å². The highest BCUT2D eigenvalue weighted by Crippen LogP contribution is 2.27. The predicted molar refractivity (Wildman–Crippen MR) is 117 cm³/mol. The van der Waals surface area contributed by atoms with Gasteiger partial charge in [0.2, 0.25) is 11.8 Å². The van der Waals surface area contributed by atoms with Gasteiger partial charge in [-0.1, -0.05) is 36.4 Å². The third-order valence-corrected chi connectivity index (χ3v) is 5.19. The molecule has 0 unspecified atom stereocenters. The van der Waals surface area contributed by atoms with Crippen LogP contribution in [-0.2, 0) is 16.1 Å². The number of nitrogens with one attached hydrogen (secondary N) is 3. The van der Waals surface area contributed by atoms with Crippen molar-refractivity contribution in [1.82, 2.24) is 20.4 Å². The van der Waals surface area contributed by atoms with Crippen LogP contribution in [0.4, 0.5) is 19.0 Å². The summed E-state index contributed by atoms with van der Waals surface area (Å²) in [4.78, 5) is 24.0. The standard InChI is InChI=1S/C23H22F3N5O2/c24-23(25,26)14-27-12-15-5-4-6-16(9-15)19-11-20(29-22(33)17-10-21(32)28-13-17)30-31(19)18-7-2-1-3-8-18/h1-9,11,17,27H,10,12-14H2,(H,28,32)(H,29,30,33)/t17-/m0/s1. The molecule has 2 heterocycles. The Bertz CT molecular complexity index is 1140. The van der Waals surface area contributed by atoms with Crippen molar-refractivity contribution in [3.05, 3.63) is 66.2 Å². The molecule has 1 saturated heterocycles. The fourth-order valence-corrected chi connectivity index (χ4v) is 3.62. The van der Waals surface area contributed by atoms with Gasteiger partial charge in [-0.25, -0.2) is 4.68 Å². The van der Waals surface area contributed by atoms with Crippen LogP contribution < -0.4 is 16.0 Å². The summed E-state index contributed by atoms with van der Waals surface area (Å²) < 4.78 is 39.0. The van der Waals surface area contributed by atoms with E-state index in [0.29, 0.717) is 17.1 Å². The highest BCUT2D eigenvalue weighted by atomic mass is 19.4. The quantitative estimate of drug-likeness (QED) is 0.508. The minimum absolute atomic E-state index is 0.0547. The number of hydrogen-bond donors (Lipinski definition) is 3. The Morgan fingerprint density at radius 2 is 1.91 bits per heavy atom. The molecule has 2 amide bonds. The van der Waals surface area contributed by atoms with Crippen LogP contribution in [0.25, 0.3) is 16.9 Å². The number of hydrogen-bond acceptors (Lipinski definition) is 4. The van der Waals surface area contributed by atoms with E-state index in [2.05, 4.69) is 21.0 Å². The van der Waals surface area contributed by atoms with Gasteiger partial charge in [-0.3, -0.25) is 9.59 Å². The lowest BCUT2D eigenvalue weighted by Crippen LogP contribution is -2.28. The van der Waals surface area contributed by atoms with E-state index in [1.165, 1.54) is 0 Å². The van der Waals surface area contributed by atoms with E-state index in [0.717, 1.165) is 11.3 Å². The van der Waals surface area contributed by atoms with E-state index in [4.69, 9.17) is 0 Å². The molecular weight excluding hydrogens is 435 g/mol. The lowest BCUT2D eigenvalue weighted by Gasteiger charge is -2.10. The van der Waals surface area contributed by atoms with Crippen LogP contribution >= 0.6 is 0 Å². The summed E-state index contributed by atoms with van der Waals surface area (Å²) in [7, 11) is 0.